The molecule has 3 rings (SSSR count). The highest BCUT2D eigenvalue weighted by Crippen LogP contribution is 2.50. The van der Waals surface area contributed by atoms with E-state index in [9.17, 15) is 14.7 Å². The number of aliphatic carboxylic acids is 1. The van der Waals surface area contributed by atoms with Crippen molar-refractivity contribution in [2.75, 3.05) is 7.11 Å². The van der Waals surface area contributed by atoms with Gasteiger partial charge < -0.3 is 9.84 Å². The molecule has 1 N–H and O–H groups in total. The Morgan fingerprint density at radius 2 is 2.11 bits per heavy atom. The summed E-state index contributed by atoms with van der Waals surface area (Å²) in [6, 6.07) is 7.17. The maximum Gasteiger partial charge on any atom is 0.353 e. The number of β-lactam (4-membered cyclic amide) rings is 1. The van der Waals surface area contributed by atoms with Gasteiger partial charge in [-0.05, 0) is 17.7 Å². The van der Waals surface area contributed by atoms with E-state index in [1.165, 1.54) is 16.7 Å². The number of thioether (sulfide) groups is 1. The standard InChI is InChI=1S/C13H11NO4S/c1-18-8-4-2-7(3-5-8)12-11(13(16)17)14-9(15)6-10(14)19-12/h2-5,10H,6H2,1H3,(H,16,17)/t10-/m1/s1. The first kappa shape index (κ1) is 12.1. The summed E-state index contributed by atoms with van der Waals surface area (Å²) in [6.07, 6.45) is 0.404. The number of carboxylic acids is 1. The van der Waals surface area contributed by atoms with Crippen molar-refractivity contribution in [3.63, 3.8) is 0 Å². The van der Waals surface area contributed by atoms with Crippen molar-refractivity contribution >= 4 is 28.5 Å². The van der Waals surface area contributed by atoms with Crippen molar-refractivity contribution in [2.24, 2.45) is 0 Å². The van der Waals surface area contributed by atoms with Gasteiger partial charge in [-0.2, -0.15) is 0 Å². The summed E-state index contributed by atoms with van der Waals surface area (Å²) in [5, 5.41) is 9.24. The molecule has 2 aliphatic rings. The molecular weight excluding hydrogens is 266 g/mol. The van der Waals surface area contributed by atoms with Crippen LogP contribution in [0.1, 0.15) is 12.0 Å². The normalized spacial score (nSPS) is 21.2. The molecule has 2 aliphatic heterocycles. The third-order valence-corrected chi connectivity index (χ3v) is 4.48. The van der Waals surface area contributed by atoms with E-state index in [0.29, 0.717) is 17.1 Å². The average Bonchev–Trinajstić information content (AvgIpc) is 2.72. The molecule has 1 aromatic carbocycles. The highest BCUT2D eigenvalue weighted by atomic mass is 32.2. The molecule has 1 saturated heterocycles. The summed E-state index contributed by atoms with van der Waals surface area (Å²) in [7, 11) is 1.58. The fourth-order valence-electron chi connectivity index (χ4n) is 2.20. The van der Waals surface area contributed by atoms with E-state index < -0.39 is 5.97 Å². The van der Waals surface area contributed by atoms with Gasteiger partial charge in [0.05, 0.1) is 18.9 Å². The summed E-state index contributed by atoms with van der Waals surface area (Å²) >= 11 is 1.43. The van der Waals surface area contributed by atoms with Crippen molar-refractivity contribution in [1.29, 1.82) is 0 Å². The minimum atomic E-state index is -1.06. The zero-order chi connectivity index (χ0) is 13.6. The first-order chi connectivity index (χ1) is 9.11. The molecule has 0 spiro atoms. The highest BCUT2D eigenvalue weighted by molar-refractivity contribution is 8.09. The zero-order valence-electron chi connectivity index (χ0n) is 10.1. The molecule has 0 radical (unpaired) electrons. The van der Waals surface area contributed by atoms with Crippen LogP contribution in [0.3, 0.4) is 0 Å². The number of carboxylic acid groups (broad SMARTS) is 1. The van der Waals surface area contributed by atoms with E-state index in [0.717, 1.165) is 5.56 Å². The summed E-state index contributed by atoms with van der Waals surface area (Å²) in [5.41, 5.74) is 0.891. The van der Waals surface area contributed by atoms with E-state index in [1.54, 1.807) is 31.4 Å². The summed E-state index contributed by atoms with van der Waals surface area (Å²) in [5.74, 6) is -0.476. The number of hydrogen-bond donors (Lipinski definition) is 1. The maximum atomic E-state index is 11.5. The van der Waals surface area contributed by atoms with Crippen LogP contribution in [0.2, 0.25) is 0 Å². The van der Waals surface area contributed by atoms with Crippen molar-refractivity contribution in [1.82, 2.24) is 4.90 Å². The second kappa shape index (κ2) is 4.31. The molecule has 6 heteroatoms. The van der Waals surface area contributed by atoms with Gasteiger partial charge in [0, 0.05) is 4.91 Å². The summed E-state index contributed by atoms with van der Waals surface area (Å²) in [4.78, 5) is 24.9. The molecule has 19 heavy (non-hydrogen) atoms. The Kier molecular flexibility index (Phi) is 2.74. The Morgan fingerprint density at radius 1 is 1.42 bits per heavy atom. The lowest BCUT2D eigenvalue weighted by Crippen LogP contribution is -2.48. The Bertz CT molecular complexity index is 593. The summed E-state index contributed by atoms with van der Waals surface area (Å²) < 4.78 is 5.07. The van der Waals surface area contributed by atoms with Crippen LogP contribution >= 0.6 is 11.8 Å². The van der Waals surface area contributed by atoms with E-state index in [1.807, 2.05) is 0 Å². The van der Waals surface area contributed by atoms with Crippen molar-refractivity contribution < 1.29 is 19.4 Å². The second-order valence-corrected chi connectivity index (χ2v) is 5.44. The number of carbonyl (C=O) groups is 2. The largest absolute Gasteiger partial charge is 0.497 e. The zero-order valence-corrected chi connectivity index (χ0v) is 10.9. The highest BCUT2D eigenvalue weighted by Gasteiger charge is 2.48. The van der Waals surface area contributed by atoms with Crippen LogP contribution in [0.5, 0.6) is 5.75 Å². The Labute approximate surface area is 113 Å². The van der Waals surface area contributed by atoms with Gasteiger partial charge in [0.15, 0.2) is 0 Å². The number of amides is 1. The predicted octanol–water partition coefficient (Wildman–Crippen LogP) is 1.75. The summed E-state index contributed by atoms with van der Waals surface area (Å²) in [6.45, 7) is 0. The molecule has 0 saturated carbocycles. The van der Waals surface area contributed by atoms with Gasteiger partial charge in [0.25, 0.3) is 0 Å². The van der Waals surface area contributed by atoms with E-state index in [2.05, 4.69) is 0 Å². The third kappa shape index (κ3) is 1.79. The van der Waals surface area contributed by atoms with Gasteiger partial charge in [-0.25, -0.2) is 4.79 Å². The fourth-order valence-corrected chi connectivity index (χ4v) is 3.59. The number of rotatable bonds is 3. The van der Waals surface area contributed by atoms with Gasteiger partial charge in [0.1, 0.15) is 11.4 Å². The van der Waals surface area contributed by atoms with Crippen LogP contribution in [0.25, 0.3) is 4.91 Å². The number of fused-ring (bicyclic) bond motifs is 1. The fraction of sp³-hybridized carbons (Fsp3) is 0.231. The Morgan fingerprint density at radius 3 is 2.63 bits per heavy atom. The predicted molar refractivity (Wildman–Crippen MR) is 70.4 cm³/mol. The lowest BCUT2D eigenvalue weighted by molar-refractivity contribution is -0.145. The molecule has 1 amide bonds. The monoisotopic (exact) mass is 277 g/mol. The van der Waals surface area contributed by atoms with Crippen LogP contribution in [-0.2, 0) is 9.59 Å². The van der Waals surface area contributed by atoms with Gasteiger partial charge in [-0.1, -0.05) is 23.9 Å². The molecule has 1 fully saturated rings. The van der Waals surface area contributed by atoms with Crippen LogP contribution in [0.15, 0.2) is 30.0 Å². The molecule has 2 heterocycles. The van der Waals surface area contributed by atoms with E-state index in [-0.39, 0.29) is 17.0 Å². The molecule has 98 valence electrons. The maximum absolute atomic E-state index is 11.5. The SMILES string of the molecule is COc1ccc(C2=C(C(=O)O)N3C(=O)C[C@H]3S2)cc1. The molecular formula is C13H11NO4S. The molecule has 1 atom stereocenters. The average molecular weight is 277 g/mol. The van der Waals surface area contributed by atoms with Crippen molar-refractivity contribution in [3.8, 4) is 5.75 Å². The number of carbonyl (C=O) groups excluding carboxylic acids is 1. The number of ether oxygens (including phenoxy) is 1. The number of benzene rings is 1. The third-order valence-electron chi connectivity index (χ3n) is 3.17. The lowest BCUT2D eigenvalue weighted by atomic mass is 10.1. The molecule has 0 bridgehead atoms. The van der Waals surface area contributed by atoms with Crippen LogP contribution in [0.4, 0.5) is 0 Å². The van der Waals surface area contributed by atoms with Crippen LogP contribution in [0, 0.1) is 0 Å². The van der Waals surface area contributed by atoms with Crippen molar-refractivity contribution in [2.45, 2.75) is 11.8 Å². The number of nitrogens with zero attached hydrogens (tertiary/aromatic N) is 1. The van der Waals surface area contributed by atoms with Gasteiger partial charge >= 0.3 is 5.97 Å². The molecule has 0 unspecified atom stereocenters. The van der Waals surface area contributed by atoms with Crippen molar-refractivity contribution in [3.05, 3.63) is 35.5 Å². The van der Waals surface area contributed by atoms with Gasteiger partial charge in [0.2, 0.25) is 5.91 Å². The quantitative estimate of drug-likeness (QED) is 0.853. The van der Waals surface area contributed by atoms with Crippen LogP contribution in [-0.4, -0.2) is 34.4 Å². The molecule has 0 aliphatic carbocycles. The molecule has 1 aromatic rings. The first-order valence-electron chi connectivity index (χ1n) is 5.72. The van der Waals surface area contributed by atoms with Gasteiger partial charge in [-0.3, -0.25) is 9.69 Å². The molecule has 5 nitrogen and oxygen atoms in total. The topological polar surface area (TPSA) is 66.8 Å². The lowest BCUT2D eigenvalue weighted by Gasteiger charge is -2.33. The Hall–Kier alpha value is -1.95. The minimum absolute atomic E-state index is 0.0595. The smallest absolute Gasteiger partial charge is 0.353 e. The first-order valence-corrected chi connectivity index (χ1v) is 6.60. The molecule has 0 aromatic heterocycles. The Balaban J connectivity index is 2.03. The number of methoxy groups -OCH3 is 1. The number of hydrogen-bond acceptors (Lipinski definition) is 4. The minimum Gasteiger partial charge on any atom is -0.497 e. The van der Waals surface area contributed by atoms with E-state index >= 15 is 0 Å². The van der Waals surface area contributed by atoms with Crippen LogP contribution < -0.4 is 4.74 Å². The second-order valence-electron chi connectivity index (χ2n) is 4.25. The van der Waals surface area contributed by atoms with E-state index in [4.69, 9.17) is 4.74 Å². The van der Waals surface area contributed by atoms with Gasteiger partial charge in [-0.15, -0.1) is 0 Å².